The fraction of sp³-hybridized carbons (Fsp3) is 0. The van der Waals surface area contributed by atoms with Crippen molar-refractivity contribution >= 4 is 40.5 Å². The second kappa shape index (κ2) is 3.34. The molecule has 0 radical (unpaired) electrons. The zero-order valence-electron chi connectivity index (χ0n) is 4.97. The van der Waals surface area contributed by atoms with Gasteiger partial charge in [-0.25, -0.2) is 0 Å². The van der Waals surface area contributed by atoms with Gasteiger partial charge in [-0.3, -0.25) is 4.79 Å². The van der Waals surface area contributed by atoms with E-state index in [1.807, 2.05) is 0 Å². The molecule has 1 nitrogen and oxygen atoms in total. The summed E-state index contributed by atoms with van der Waals surface area (Å²) in [4.78, 5) is 10.2. The Morgan fingerprint density at radius 2 is 2.20 bits per heavy atom. The second-order valence-electron chi connectivity index (χ2n) is 1.79. The minimum absolute atomic E-state index is 0.661. The van der Waals surface area contributed by atoms with Gasteiger partial charge in [0.15, 0.2) is 0 Å². The third-order valence-corrected chi connectivity index (χ3v) is 2.62. The first-order valence-electron chi connectivity index (χ1n) is 2.64. The largest absolute Gasteiger partial charge is 0.298 e. The van der Waals surface area contributed by atoms with Gasteiger partial charge in [0.2, 0.25) is 0 Å². The molecule has 0 saturated carbocycles. The summed E-state index contributed by atoms with van der Waals surface area (Å²) >= 11 is 7.80. The summed E-state index contributed by atoms with van der Waals surface area (Å²) in [6.07, 6.45) is 0.804. The number of aldehydes is 1. The van der Waals surface area contributed by atoms with E-state index >= 15 is 0 Å². The van der Waals surface area contributed by atoms with Crippen LogP contribution in [0.1, 0.15) is 10.4 Å². The van der Waals surface area contributed by atoms with Gasteiger partial charge in [0.1, 0.15) is 6.29 Å². The zero-order chi connectivity index (χ0) is 7.56. The highest BCUT2D eigenvalue weighted by atomic mass is 127. The van der Waals surface area contributed by atoms with Crippen molar-refractivity contribution in [1.82, 2.24) is 0 Å². The highest BCUT2D eigenvalue weighted by Gasteiger charge is 1.95. The van der Waals surface area contributed by atoms with Crippen molar-refractivity contribution in [2.24, 2.45) is 0 Å². The predicted molar refractivity (Wildman–Crippen MR) is 49.6 cm³/mol. The molecule has 0 atom stereocenters. The first-order valence-corrected chi connectivity index (χ1v) is 4.10. The van der Waals surface area contributed by atoms with Gasteiger partial charge in [0.05, 0.1) is 5.02 Å². The molecule has 1 aromatic carbocycles. The molecular weight excluding hydrogens is 262 g/mol. The fourth-order valence-electron chi connectivity index (χ4n) is 0.586. The van der Waals surface area contributed by atoms with Gasteiger partial charge >= 0.3 is 0 Å². The molecule has 1 aromatic rings. The van der Waals surface area contributed by atoms with Crippen molar-refractivity contribution in [3.8, 4) is 0 Å². The molecule has 52 valence electrons. The lowest BCUT2D eigenvalue weighted by atomic mass is 10.2. The number of carbonyl (C=O) groups is 1. The van der Waals surface area contributed by atoms with E-state index < -0.39 is 0 Å². The minimum atomic E-state index is 0.661. The summed E-state index contributed by atoms with van der Waals surface area (Å²) in [7, 11) is 0. The summed E-state index contributed by atoms with van der Waals surface area (Å²) in [5.41, 5.74) is 0.661. The van der Waals surface area contributed by atoms with Gasteiger partial charge in [-0.2, -0.15) is 0 Å². The van der Waals surface area contributed by atoms with Crippen molar-refractivity contribution < 1.29 is 4.79 Å². The number of hydrogen-bond donors (Lipinski definition) is 0. The quantitative estimate of drug-likeness (QED) is 0.564. The molecule has 3 heteroatoms. The number of hydrogen-bond acceptors (Lipinski definition) is 1. The van der Waals surface area contributed by atoms with Crippen LogP contribution < -0.4 is 0 Å². The molecule has 0 aliphatic carbocycles. The summed E-state index contributed by atoms with van der Waals surface area (Å²) in [6.45, 7) is 0. The van der Waals surface area contributed by atoms with Gasteiger partial charge in [0, 0.05) is 9.13 Å². The molecule has 0 saturated heterocycles. The third-order valence-electron chi connectivity index (χ3n) is 1.08. The Kier molecular flexibility index (Phi) is 2.68. The SMILES string of the molecule is O=Cc1ccc(Cl)c(I)c1. The van der Waals surface area contributed by atoms with Crippen molar-refractivity contribution in [3.05, 3.63) is 32.4 Å². The highest BCUT2D eigenvalue weighted by Crippen LogP contribution is 2.18. The molecule has 0 amide bonds. The number of rotatable bonds is 1. The molecule has 0 fully saturated rings. The molecule has 0 heterocycles. The molecule has 1 rings (SSSR count). The predicted octanol–water partition coefficient (Wildman–Crippen LogP) is 2.76. The Morgan fingerprint density at radius 1 is 1.50 bits per heavy atom. The number of halogens is 2. The van der Waals surface area contributed by atoms with E-state index in [0.717, 1.165) is 9.86 Å². The van der Waals surface area contributed by atoms with E-state index in [0.29, 0.717) is 10.6 Å². The van der Waals surface area contributed by atoms with E-state index in [1.54, 1.807) is 18.2 Å². The van der Waals surface area contributed by atoms with E-state index in [4.69, 9.17) is 11.6 Å². The van der Waals surface area contributed by atoms with Crippen LogP contribution in [0.5, 0.6) is 0 Å². The monoisotopic (exact) mass is 266 g/mol. The maximum Gasteiger partial charge on any atom is 0.150 e. The lowest BCUT2D eigenvalue weighted by Gasteiger charge is -1.94. The topological polar surface area (TPSA) is 17.1 Å². The molecular formula is C7H4ClIO. The van der Waals surface area contributed by atoms with Crippen LogP contribution in [0.15, 0.2) is 18.2 Å². The van der Waals surface area contributed by atoms with Crippen LogP contribution in [0.2, 0.25) is 5.02 Å². The maximum absolute atomic E-state index is 10.2. The normalized spacial score (nSPS) is 9.40. The molecule has 0 N–H and O–H groups in total. The van der Waals surface area contributed by atoms with Crippen molar-refractivity contribution in [1.29, 1.82) is 0 Å². The van der Waals surface area contributed by atoms with Crippen molar-refractivity contribution in [3.63, 3.8) is 0 Å². The van der Waals surface area contributed by atoms with Crippen LogP contribution in [0.25, 0.3) is 0 Å². The first-order chi connectivity index (χ1) is 4.74. The molecule has 0 aliphatic heterocycles. The molecule has 0 unspecified atom stereocenters. The summed E-state index contributed by atoms with van der Waals surface area (Å²) < 4.78 is 0.906. The highest BCUT2D eigenvalue weighted by molar-refractivity contribution is 14.1. The standard InChI is InChI=1S/C7H4ClIO/c8-6-2-1-5(4-10)3-7(6)9/h1-4H. The molecule has 10 heavy (non-hydrogen) atoms. The van der Waals surface area contributed by atoms with Crippen LogP contribution in [-0.4, -0.2) is 6.29 Å². The van der Waals surface area contributed by atoms with Gasteiger partial charge in [-0.15, -0.1) is 0 Å². The summed E-state index contributed by atoms with van der Waals surface area (Å²) in [5.74, 6) is 0. The Balaban J connectivity index is 3.16. The van der Waals surface area contributed by atoms with Crippen LogP contribution >= 0.6 is 34.2 Å². The Bertz CT molecular complexity index is 260. The second-order valence-corrected chi connectivity index (χ2v) is 3.36. The summed E-state index contributed by atoms with van der Waals surface area (Å²) in [5, 5.41) is 0.686. The van der Waals surface area contributed by atoms with Gasteiger partial charge in [0.25, 0.3) is 0 Å². The van der Waals surface area contributed by atoms with Gasteiger partial charge in [-0.05, 0) is 34.7 Å². The van der Waals surface area contributed by atoms with Gasteiger partial charge < -0.3 is 0 Å². The summed E-state index contributed by atoms with van der Waals surface area (Å²) in [6, 6.07) is 5.15. The molecule has 0 aromatic heterocycles. The van der Waals surface area contributed by atoms with E-state index in [-0.39, 0.29) is 0 Å². The van der Waals surface area contributed by atoms with Gasteiger partial charge in [-0.1, -0.05) is 17.7 Å². The van der Waals surface area contributed by atoms with Crippen molar-refractivity contribution in [2.45, 2.75) is 0 Å². The van der Waals surface area contributed by atoms with E-state index in [2.05, 4.69) is 22.6 Å². The van der Waals surface area contributed by atoms with E-state index in [1.165, 1.54) is 0 Å². The smallest absolute Gasteiger partial charge is 0.150 e. The lowest BCUT2D eigenvalue weighted by molar-refractivity contribution is 0.112. The average Bonchev–Trinajstić information content (AvgIpc) is 1.95. The van der Waals surface area contributed by atoms with Crippen LogP contribution in [0, 0.1) is 3.57 Å². The molecule has 0 aliphatic rings. The Labute approximate surface area is 77.5 Å². The zero-order valence-corrected chi connectivity index (χ0v) is 7.89. The number of benzene rings is 1. The third kappa shape index (κ3) is 1.70. The Morgan fingerprint density at radius 3 is 2.70 bits per heavy atom. The maximum atomic E-state index is 10.2. The lowest BCUT2D eigenvalue weighted by Crippen LogP contribution is -1.80. The fourth-order valence-corrected chi connectivity index (χ4v) is 1.24. The Hall–Kier alpha value is -0.0900. The molecule has 0 bridgehead atoms. The first kappa shape index (κ1) is 8.01. The van der Waals surface area contributed by atoms with Crippen LogP contribution in [0.3, 0.4) is 0 Å². The minimum Gasteiger partial charge on any atom is -0.298 e. The van der Waals surface area contributed by atoms with Crippen molar-refractivity contribution in [2.75, 3.05) is 0 Å². The van der Waals surface area contributed by atoms with Crippen LogP contribution in [0.4, 0.5) is 0 Å². The number of carbonyl (C=O) groups excluding carboxylic acids is 1. The average molecular weight is 266 g/mol. The van der Waals surface area contributed by atoms with Crippen LogP contribution in [-0.2, 0) is 0 Å². The van der Waals surface area contributed by atoms with E-state index in [9.17, 15) is 4.79 Å². The molecule has 0 spiro atoms.